The molecule has 13 heteroatoms. The maximum Gasteiger partial charge on any atom is 0.416 e. The molecule has 4 rings (SSSR count). The molecule has 40 heavy (non-hydrogen) atoms. The lowest BCUT2D eigenvalue weighted by Crippen LogP contribution is -2.48. The van der Waals surface area contributed by atoms with E-state index in [-0.39, 0.29) is 24.3 Å². The zero-order valence-electron chi connectivity index (χ0n) is 22.0. The number of tetrazole rings is 1. The van der Waals surface area contributed by atoms with Crippen molar-refractivity contribution in [2.75, 3.05) is 39.3 Å². The maximum absolute atomic E-state index is 13.3. The van der Waals surface area contributed by atoms with Gasteiger partial charge in [-0.05, 0) is 55.6 Å². The number of hydrogen-bond acceptors (Lipinski definition) is 6. The fraction of sp³-hybridized carbons (Fsp3) is 0.519. The molecule has 2 heterocycles. The van der Waals surface area contributed by atoms with E-state index in [1.165, 1.54) is 6.92 Å². The first kappa shape index (κ1) is 29.9. The Labute approximate surface area is 228 Å². The topological polar surface area (TPSA) is 70.2 Å². The van der Waals surface area contributed by atoms with E-state index < -0.39 is 29.6 Å². The number of hydrogen-bond donors (Lipinski definition) is 1. The van der Waals surface area contributed by atoms with Crippen molar-refractivity contribution in [2.45, 2.75) is 50.7 Å². The molecule has 3 aromatic rings. The van der Waals surface area contributed by atoms with Crippen molar-refractivity contribution in [3.63, 3.8) is 0 Å². The Kier molecular flexibility index (Phi) is 9.80. The summed E-state index contributed by atoms with van der Waals surface area (Å²) in [6, 6.07) is 11.0. The van der Waals surface area contributed by atoms with Crippen molar-refractivity contribution in [1.29, 1.82) is 0 Å². The fourth-order valence-electron chi connectivity index (χ4n) is 4.84. The summed E-state index contributed by atoms with van der Waals surface area (Å²) in [7, 11) is 0. The number of piperazine rings is 1. The van der Waals surface area contributed by atoms with E-state index in [4.69, 9.17) is 4.74 Å². The van der Waals surface area contributed by atoms with Gasteiger partial charge < -0.3 is 9.64 Å². The summed E-state index contributed by atoms with van der Waals surface area (Å²) in [6.07, 6.45) is -8.09. The van der Waals surface area contributed by atoms with Crippen LogP contribution in [0.15, 0.2) is 48.5 Å². The molecular formula is C27H32F6N6O. The number of H-pyrrole nitrogens is 1. The number of aryl methyl sites for hydroxylation is 1. The van der Waals surface area contributed by atoms with Crippen LogP contribution in [0.3, 0.4) is 0 Å². The van der Waals surface area contributed by atoms with Crippen LogP contribution in [0.25, 0.3) is 0 Å². The van der Waals surface area contributed by atoms with Gasteiger partial charge in [-0.15, -0.1) is 10.2 Å². The predicted molar refractivity (Wildman–Crippen MR) is 135 cm³/mol. The lowest BCUT2D eigenvalue weighted by Gasteiger charge is -2.39. The molecule has 1 aromatic heterocycles. The Morgan fingerprint density at radius 3 is 2.10 bits per heavy atom. The molecule has 2 atom stereocenters. The third kappa shape index (κ3) is 8.24. The summed E-state index contributed by atoms with van der Waals surface area (Å²) >= 11 is 0. The first-order valence-corrected chi connectivity index (χ1v) is 13.2. The van der Waals surface area contributed by atoms with E-state index in [2.05, 4.69) is 30.4 Å². The van der Waals surface area contributed by atoms with Gasteiger partial charge in [0.1, 0.15) is 0 Å². The summed E-state index contributed by atoms with van der Waals surface area (Å²) in [6.45, 7) is 5.71. The Morgan fingerprint density at radius 2 is 1.52 bits per heavy atom. The van der Waals surface area contributed by atoms with Crippen LogP contribution in [0.5, 0.6) is 0 Å². The number of unbranched alkanes of at least 4 members (excludes halogenated alkanes) is 1. The number of benzene rings is 2. The van der Waals surface area contributed by atoms with Crippen molar-refractivity contribution in [2.24, 2.45) is 0 Å². The molecule has 1 N–H and O–H groups in total. The van der Waals surface area contributed by atoms with E-state index >= 15 is 0 Å². The zero-order chi connectivity index (χ0) is 28.8. The Morgan fingerprint density at radius 1 is 0.875 bits per heavy atom. The van der Waals surface area contributed by atoms with Gasteiger partial charge in [0.15, 0.2) is 5.82 Å². The molecule has 1 saturated heterocycles. The summed E-state index contributed by atoms with van der Waals surface area (Å²) in [5.74, 6) is 0.699. The molecule has 1 aliphatic heterocycles. The molecule has 7 nitrogen and oxygen atoms in total. The highest BCUT2D eigenvalue weighted by Crippen LogP contribution is 2.38. The highest BCUT2D eigenvalue weighted by molar-refractivity contribution is 5.34. The minimum atomic E-state index is -4.91. The smallest absolute Gasteiger partial charge is 0.372 e. The SMILES string of the molecule is CC(OCC(c1ccccc1)N1CCN(CCCCc2nn[nH]n2)CC1)c1cc(C(F)(F)F)cc(C(F)(F)F)c1. The van der Waals surface area contributed by atoms with Crippen LogP contribution in [-0.2, 0) is 23.5 Å². The number of aromatic amines is 1. The van der Waals surface area contributed by atoms with E-state index in [0.29, 0.717) is 5.82 Å². The summed E-state index contributed by atoms with van der Waals surface area (Å²) in [5, 5.41) is 13.9. The van der Waals surface area contributed by atoms with Gasteiger partial charge in [-0.2, -0.15) is 31.6 Å². The summed E-state index contributed by atoms with van der Waals surface area (Å²) in [5.41, 5.74) is -1.88. The Bertz CT molecular complexity index is 1150. The van der Waals surface area contributed by atoms with Gasteiger partial charge in [0.2, 0.25) is 0 Å². The average Bonchev–Trinajstić information content (AvgIpc) is 3.45. The lowest BCUT2D eigenvalue weighted by atomic mass is 10.0. The second-order valence-corrected chi connectivity index (χ2v) is 9.90. The third-order valence-electron chi connectivity index (χ3n) is 7.13. The molecule has 1 aliphatic rings. The normalized spacial score (nSPS) is 17.2. The van der Waals surface area contributed by atoms with Crippen LogP contribution >= 0.6 is 0 Å². The van der Waals surface area contributed by atoms with Crippen LogP contribution in [0.2, 0.25) is 0 Å². The number of halogens is 6. The second kappa shape index (κ2) is 13.1. The second-order valence-electron chi connectivity index (χ2n) is 9.90. The van der Waals surface area contributed by atoms with Gasteiger partial charge in [-0.1, -0.05) is 35.5 Å². The first-order valence-electron chi connectivity index (χ1n) is 13.2. The molecule has 0 aliphatic carbocycles. The van der Waals surface area contributed by atoms with Crippen molar-refractivity contribution in [1.82, 2.24) is 30.4 Å². The van der Waals surface area contributed by atoms with Crippen molar-refractivity contribution in [3.8, 4) is 0 Å². The van der Waals surface area contributed by atoms with Crippen molar-refractivity contribution >= 4 is 0 Å². The van der Waals surface area contributed by atoms with Gasteiger partial charge >= 0.3 is 12.4 Å². The molecule has 2 unspecified atom stereocenters. The first-order chi connectivity index (χ1) is 19.0. The van der Waals surface area contributed by atoms with Crippen LogP contribution in [0.4, 0.5) is 26.3 Å². The summed E-state index contributed by atoms with van der Waals surface area (Å²) in [4.78, 5) is 4.63. The van der Waals surface area contributed by atoms with E-state index in [9.17, 15) is 26.3 Å². The lowest BCUT2D eigenvalue weighted by molar-refractivity contribution is -0.143. The van der Waals surface area contributed by atoms with Crippen LogP contribution in [0.1, 0.15) is 60.0 Å². The fourth-order valence-corrected chi connectivity index (χ4v) is 4.84. The quantitative estimate of drug-likeness (QED) is 0.236. The molecule has 0 radical (unpaired) electrons. The molecule has 0 saturated carbocycles. The molecule has 2 aromatic carbocycles. The predicted octanol–water partition coefficient (Wildman–Crippen LogP) is 5.70. The Balaban J connectivity index is 1.38. The minimum absolute atomic E-state index is 0.119. The molecule has 0 bridgehead atoms. The van der Waals surface area contributed by atoms with Gasteiger partial charge in [-0.3, -0.25) is 4.90 Å². The zero-order valence-corrected chi connectivity index (χ0v) is 22.0. The molecule has 0 spiro atoms. The molecule has 1 fully saturated rings. The molecule has 0 amide bonds. The van der Waals surface area contributed by atoms with Gasteiger partial charge in [0.05, 0.1) is 29.9 Å². The number of aromatic nitrogens is 4. The van der Waals surface area contributed by atoms with E-state index in [0.717, 1.165) is 69.7 Å². The molecular weight excluding hydrogens is 538 g/mol. The molecule has 218 valence electrons. The number of rotatable bonds is 11. The monoisotopic (exact) mass is 570 g/mol. The average molecular weight is 571 g/mol. The van der Waals surface area contributed by atoms with Crippen LogP contribution in [0, 0.1) is 0 Å². The standard InChI is InChI=1S/C27H32F6N6O/c1-19(21-15-22(26(28,29)30)17-23(16-21)27(31,32)33)40-18-24(20-7-3-2-4-8-20)39-13-11-38(12-14-39)10-6-5-9-25-34-36-37-35-25/h2-4,7-8,15-17,19,24H,5-6,9-14,18H2,1H3,(H,34,35,36,37). The highest BCUT2D eigenvalue weighted by atomic mass is 19.4. The van der Waals surface area contributed by atoms with E-state index in [1.54, 1.807) is 0 Å². The van der Waals surface area contributed by atoms with Crippen LogP contribution in [-0.4, -0.2) is 69.8 Å². The van der Waals surface area contributed by atoms with E-state index in [1.807, 2.05) is 30.3 Å². The largest absolute Gasteiger partial charge is 0.416 e. The summed E-state index contributed by atoms with van der Waals surface area (Å²) < 4.78 is 86.0. The minimum Gasteiger partial charge on any atom is -0.372 e. The Hall–Kier alpha value is -3.03. The number of nitrogens with one attached hydrogen (secondary N) is 1. The van der Waals surface area contributed by atoms with Gasteiger partial charge in [0, 0.05) is 32.6 Å². The number of nitrogens with zero attached hydrogens (tertiary/aromatic N) is 5. The van der Waals surface area contributed by atoms with Gasteiger partial charge in [0.25, 0.3) is 0 Å². The van der Waals surface area contributed by atoms with Crippen molar-refractivity contribution in [3.05, 3.63) is 76.6 Å². The number of alkyl halides is 6. The number of ether oxygens (including phenoxy) is 1. The van der Waals surface area contributed by atoms with Gasteiger partial charge in [-0.25, -0.2) is 0 Å². The highest BCUT2D eigenvalue weighted by Gasteiger charge is 2.37. The maximum atomic E-state index is 13.3. The van der Waals surface area contributed by atoms with Crippen molar-refractivity contribution < 1.29 is 31.1 Å². The third-order valence-corrected chi connectivity index (χ3v) is 7.13. The van der Waals surface area contributed by atoms with Crippen LogP contribution < -0.4 is 0 Å².